The van der Waals surface area contributed by atoms with Crippen LogP contribution in [0.4, 0.5) is 0 Å². The Balaban J connectivity index is 0.00000180. The van der Waals surface area contributed by atoms with Crippen molar-refractivity contribution in [2.24, 2.45) is 11.7 Å². The van der Waals surface area contributed by atoms with Crippen molar-refractivity contribution in [3.63, 3.8) is 0 Å². The molecule has 0 spiro atoms. The molecule has 1 aliphatic carbocycles. The van der Waals surface area contributed by atoms with Crippen LogP contribution in [0.5, 0.6) is 0 Å². The molecule has 2 aliphatic rings. The van der Waals surface area contributed by atoms with E-state index in [1.54, 1.807) is 0 Å². The average Bonchev–Trinajstić information content (AvgIpc) is 2.35. The number of carbonyl (C=O) groups excluding carboxylic acids is 1. The summed E-state index contributed by atoms with van der Waals surface area (Å²) in [5.74, 6) is 0.395. The maximum absolute atomic E-state index is 12.6. The van der Waals surface area contributed by atoms with Gasteiger partial charge in [0.2, 0.25) is 5.91 Å². The third-order valence-corrected chi connectivity index (χ3v) is 4.45. The summed E-state index contributed by atoms with van der Waals surface area (Å²) in [5, 5.41) is 0. The third kappa shape index (κ3) is 4.62. The minimum Gasteiger partial charge on any atom is -0.340 e. The van der Waals surface area contributed by atoms with Gasteiger partial charge in [-0.1, -0.05) is 25.7 Å². The number of halogens is 1. The van der Waals surface area contributed by atoms with E-state index in [2.05, 4.69) is 11.9 Å². The summed E-state index contributed by atoms with van der Waals surface area (Å²) in [6, 6.07) is 0.0810. The van der Waals surface area contributed by atoms with Crippen LogP contribution < -0.4 is 5.73 Å². The number of amides is 1. The number of nitrogens with zero attached hydrogens (tertiary/aromatic N) is 2. The molecule has 1 saturated carbocycles. The first kappa shape index (κ1) is 16.7. The summed E-state index contributed by atoms with van der Waals surface area (Å²) in [6.07, 6.45) is 6.91. The normalized spacial score (nSPS) is 30.1. The molecule has 0 bridgehead atoms. The Morgan fingerprint density at radius 3 is 2.21 bits per heavy atom. The van der Waals surface area contributed by atoms with Crippen molar-refractivity contribution < 1.29 is 4.79 Å². The summed E-state index contributed by atoms with van der Waals surface area (Å²) in [7, 11) is 2.11. The fourth-order valence-electron chi connectivity index (χ4n) is 3.08. The highest BCUT2D eigenvalue weighted by molar-refractivity contribution is 5.85. The molecule has 19 heavy (non-hydrogen) atoms. The molecule has 1 aliphatic heterocycles. The van der Waals surface area contributed by atoms with Gasteiger partial charge < -0.3 is 15.5 Å². The number of rotatable bonds is 1. The van der Waals surface area contributed by atoms with E-state index in [1.807, 2.05) is 4.90 Å². The van der Waals surface area contributed by atoms with E-state index in [-0.39, 0.29) is 24.4 Å². The smallest absolute Gasteiger partial charge is 0.227 e. The molecule has 1 amide bonds. The van der Waals surface area contributed by atoms with Gasteiger partial charge in [-0.15, -0.1) is 12.4 Å². The number of carbonyl (C=O) groups is 1. The first-order valence-corrected chi connectivity index (χ1v) is 7.41. The molecule has 4 nitrogen and oxygen atoms in total. The molecule has 0 aromatic carbocycles. The fraction of sp³-hybridized carbons (Fsp3) is 0.929. The van der Waals surface area contributed by atoms with Crippen molar-refractivity contribution >= 4 is 18.3 Å². The molecular formula is C14H28ClN3O. The highest BCUT2D eigenvalue weighted by Crippen LogP contribution is 2.23. The highest BCUT2D eigenvalue weighted by Gasteiger charge is 2.31. The molecule has 2 N–H and O–H groups in total. The lowest BCUT2D eigenvalue weighted by atomic mass is 9.86. The Kier molecular flexibility index (Phi) is 7.11. The van der Waals surface area contributed by atoms with Crippen molar-refractivity contribution in [3.05, 3.63) is 0 Å². The van der Waals surface area contributed by atoms with Crippen LogP contribution in [0.1, 0.15) is 38.5 Å². The Morgan fingerprint density at radius 1 is 1.00 bits per heavy atom. The zero-order valence-electron chi connectivity index (χ0n) is 12.0. The number of hydrogen-bond donors (Lipinski definition) is 1. The Bertz CT molecular complexity index is 280. The van der Waals surface area contributed by atoms with Gasteiger partial charge in [0.1, 0.15) is 0 Å². The summed E-state index contributed by atoms with van der Waals surface area (Å²) >= 11 is 0. The minimum absolute atomic E-state index is 0. The second-order valence-corrected chi connectivity index (χ2v) is 5.89. The summed E-state index contributed by atoms with van der Waals surface area (Å²) in [6.45, 7) is 3.73. The number of nitrogens with two attached hydrogens (primary N) is 1. The van der Waals surface area contributed by atoms with E-state index in [0.29, 0.717) is 5.91 Å². The van der Waals surface area contributed by atoms with Crippen molar-refractivity contribution in [1.29, 1.82) is 0 Å². The van der Waals surface area contributed by atoms with Crippen molar-refractivity contribution in [3.8, 4) is 0 Å². The van der Waals surface area contributed by atoms with Crippen LogP contribution in [-0.2, 0) is 4.79 Å². The van der Waals surface area contributed by atoms with Gasteiger partial charge in [-0.3, -0.25) is 4.79 Å². The van der Waals surface area contributed by atoms with Crippen LogP contribution in [-0.4, -0.2) is 55.0 Å². The summed E-state index contributed by atoms with van der Waals surface area (Å²) < 4.78 is 0. The molecule has 2 atom stereocenters. The Labute approximate surface area is 123 Å². The van der Waals surface area contributed by atoms with Crippen LogP contribution in [0.15, 0.2) is 0 Å². The predicted octanol–water partition coefficient (Wildman–Crippen LogP) is 1.48. The van der Waals surface area contributed by atoms with Crippen LogP contribution in [0.25, 0.3) is 0 Å². The van der Waals surface area contributed by atoms with Gasteiger partial charge >= 0.3 is 0 Å². The van der Waals surface area contributed by atoms with Gasteiger partial charge in [0, 0.05) is 32.2 Å². The van der Waals surface area contributed by atoms with Gasteiger partial charge in [-0.05, 0) is 19.9 Å². The van der Waals surface area contributed by atoms with Crippen LogP contribution in [0, 0.1) is 5.92 Å². The van der Waals surface area contributed by atoms with E-state index in [0.717, 1.165) is 45.4 Å². The lowest BCUT2D eigenvalue weighted by molar-refractivity contribution is -0.138. The maximum Gasteiger partial charge on any atom is 0.227 e. The summed E-state index contributed by atoms with van der Waals surface area (Å²) in [4.78, 5) is 16.9. The van der Waals surface area contributed by atoms with Crippen molar-refractivity contribution in [2.45, 2.75) is 44.6 Å². The molecule has 2 unspecified atom stereocenters. The SMILES string of the molecule is CN1CCN(C(=O)C2CCCCCCC2N)CC1.Cl. The maximum atomic E-state index is 12.6. The largest absolute Gasteiger partial charge is 0.340 e. The molecule has 0 aromatic rings. The highest BCUT2D eigenvalue weighted by atomic mass is 35.5. The fourth-order valence-corrected chi connectivity index (χ4v) is 3.08. The third-order valence-electron chi connectivity index (χ3n) is 4.45. The monoisotopic (exact) mass is 289 g/mol. The topological polar surface area (TPSA) is 49.6 Å². The van der Waals surface area contributed by atoms with E-state index in [4.69, 9.17) is 5.73 Å². The molecule has 2 fully saturated rings. The quantitative estimate of drug-likeness (QED) is 0.795. The molecule has 112 valence electrons. The first-order valence-electron chi connectivity index (χ1n) is 7.41. The average molecular weight is 290 g/mol. The molecule has 5 heteroatoms. The molecule has 2 rings (SSSR count). The van der Waals surface area contributed by atoms with Crippen molar-refractivity contribution in [1.82, 2.24) is 9.80 Å². The zero-order chi connectivity index (χ0) is 13.0. The van der Waals surface area contributed by atoms with Gasteiger partial charge in [-0.25, -0.2) is 0 Å². The standard InChI is InChI=1S/C14H27N3O.ClH/c1-16-8-10-17(11-9-16)14(18)12-6-4-2-3-5-7-13(12)15;/h12-13H,2-11,15H2,1H3;1H. The molecule has 1 heterocycles. The van der Waals surface area contributed by atoms with Crippen LogP contribution in [0.2, 0.25) is 0 Å². The number of piperazine rings is 1. The molecule has 0 radical (unpaired) electrons. The molecule has 1 saturated heterocycles. The second kappa shape index (κ2) is 8.08. The van der Waals surface area contributed by atoms with Crippen molar-refractivity contribution in [2.75, 3.05) is 33.2 Å². The Hall–Kier alpha value is -0.320. The first-order chi connectivity index (χ1) is 8.68. The van der Waals surface area contributed by atoms with Gasteiger partial charge in [0.25, 0.3) is 0 Å². The zero-order valence-corrected chi connectivity index (χ0v) is 12.8. The van der Waals surface area contributed by atoms with Crippen LogP contribution in [0.3, 0.4) is 0 Å². The minimum atomic E-state index is 0. The molecule has 0 aromatic heterocycles. The van der Waals surface area contributed by atoms with E-state index in [9.17, 15) is 4.79 Å². The lowest BCUT2D eigenvalue weighted by Gasteiger charge is -2.36. The second-order valence-electron chi connectivity index (χ2n) is 5.89. The van der Waals surface area contributed by atoms with Gasteiger partial charge in [0.05, 0.1) is 5.92 Å². The van der Waals surface area contributed by atoms with Gasteiger partial charge in [-0.2, -0.15) is 0 Å². The molecular weight excluding hydrogens is 262 g/mol. The van der Waals surface area contributed by atoms with Gasteiger partial charge in [0.15, 0.2) is 0 Å². The Morgan fingerprint density at radius 2 is 1.58 bits per heavy atom. The number of hydrogen-bond acceptors (Lipinski definition) is 3. The lowest BCUT2D eigenvalue weighted by Crippen LogP contribution is -2.51. The van der Waals surface area contributed by atoms with Crippen LogP contribution >= 0.6 is 12.4 Å². The van der Waals surface area contributed by atoms with E-state index >= 15 is 0 Å². The van der Waals surface area contributed by atoms with E-state index in [1.165, 1.54) is 19.3 Å². The number of likely N-dealkylation sites (N-methyl/N-ethyl adjacent to an activating group) is 1. The predicted molar refractivity (Wildman–Crippen MR) is 80.5 cm³/mol. The van der Waals surface area contributed by atoms with E-state index < -0.39 is 0 Å². The summed E-state index contributed by atoms with van der Waals surface area (Å²) in [5.41, 5.74) is 6.23.